The second-order valence-corrected chi connectivity index (χ2v) is 9.31. The maximum absolute atomic E-state index is 13.7. The van der Waals surface area contributed by atoms with Gasteiger partial charge in [0, 0.05) is 24.8 Å². The van der Waals surface area contributed by atoms with Gasteiger partial charge in [0.1, 0.15) is 29.2 Å². The van der Waals surface area contributed by atoms with Gasteiger partial charge in [0.05, 0.1) is 0 Å². The third-order valence-electron chi connectivity index (χ3n) is 6.06. The van der Waals surface area contributed by atoms with Crippen molar-refractivity contribution in [2.75, 3.05) is 23.9 Å². The normalized spacial score (nSPS) is 12.6. The molecule has 2 atom stereocenters. The van der Waals surface area contributed by atoms with E-state index in [0.29, 0.717) is 41.8 Å². The Morgan fingerprint density at radius 3 is 2.11 bits per heavy atom. The topological polar surface area (TPSA) is 70.7 Å². The van der Waals surface area contributed by atoms with Crippen molar-refractivity contribution in [2.45, 2.75) is 32.9 Å². The number of rotatable bonds is 12. The fourth-order valence-electron chi connectivity index (χ4n) is 3.68. The zero-order valence-corrected chi connectivity index (χ0v) is 22.0. The van der Waals surface area contributed by atoms with Gasteiger partial charge in [-0.3, -0.25) is 14.5 Å². The molecule has 8 heteroatoms. The van der Waals surface area contributed by atoms with Crippen LogP contribution in [0.25, 0.3) is 0 Å². The van der Waals surface area contributed by atoms with Gasteiger partial charge in [0.25, 0.3) is 0 Å². The monoisotopic (exact) mass is 525 g/mol. The number of hydrogen-bond acceptors (Lipinski definition) is 4. The van der Waals surface area contributed by atoms with Crippen LogP contribution in [0.15, 0.2) is 78.9 Å². The van der Waals surface area contributed by atoms with Crippen molar-refractivity contribution < 1.29 is 18.7 Å². The molecule has 0 aliphatic heterocycles. The summed E-state index contributed by atoms with van der Waals surface area (Å²) in [6.45, 7) is 7.25. The number of hydrogen-bond donors (Lipinski definition) is 2. The van der Waals surface area contributed by atoms with Crippen molar-refractivity contribution in [3.05, 3.63) is 90.2 Å². The van der Waals surface area contributed by atoms with Crippen molar-refractivity contribution >= 4 is 29.1 Å². The Bertz CT molecular complexity index is 1140. The molecule has 0 heterocycles. The molecule has 0 bridgehead atoms. The second-order valence-electron chi connectivity index (χ2n) is 9.04. The lowest BCUT2D eigenvalue weighted by molar-refractivity contribution is -0.125. The summed E-state index contributed by atoms with van der Waals surface area (Å²) in [5, 5.41) is 6.27. The number of anilines is 1. The number of carbonyl (C=O) groups excluding carboxylic acids is 2. The first kappa shape index (κ1) is 28.2. The van der Waals surface area contributed by atoms with Crippen LogP contribution in [-0.4, -0.2) is 36.8 Å². The minimum atomic E-state index is -1.05. The maximum atomic E-state index is 13.7. The van der Waals surface area contributed by atoms with Crippen LogP contribution in [0.3, 0.4) is 0 Å². The number of halogens is 2. The van der Waals surface area contributed by atoms with Gasteiger partial charge in [-0.05, 0) is 66.9 Å². The largest absolute Gasteiger partial charge is 0.457 e. The molecule has 2 N–H and O–H groups in total. The molecule has 0 fully saturated rings. The summed E-state index contributed by atoms with van der Waals surface area (Å²) in [6, 6.07) is 20.9. The highest BCUT2D eigenvalue weighted by molar-refractivity contribution is 6.29. The van der Waals surface area contributed by atoms with E-state index in [2.05, 4.69) is 31.4 Å². The van der Waals surface area contributed by atoms with Gasteiger partial charge in [0.15, 0.2) is 0 Å². The average molecular weight is 526 g/mol. The first-order valence-electron chi connectivity index (χ1n) is 12.3. The number of nitrogens with one attached hydrogen (secondary N) is 2. The summed E-state index contributed by atoms with van der Waals surface area (Å²) in [4.78, 5) is 27.9. The Balaban J connectivity index is 1.86. The second kappa shape index (κ2) is 13.8. The van der Waals surface area contributed by atoms with E-state index in [1.165, 1.54) is 29.2 Å². The van der Waals surface area contributed by atoms with Crippen LogP contribution in [-0.2, 0) is 9.59 Å². The Kier molecular flexibility index (Phi) is 10.5. The molecular weight excluding hydrogens is 493 g/mol. The number of ether oxygens (including phenoxy) is 1. The van der Waals surface area contributed by atoms with E-state index < -0.39 is 23.7 Å². The Morgan fingerprint density at radius 2 is 1.51 bits per heavy atom. The van der Waals surface area contributed by atoms with Crippen LogP contribution in [0, 0.1) is 11.7 Å². The van der Waals surface area contributed by atoms with Gasteiger partial charge in [-0.2, -0.15) is 0 Å². The van der Waals surface area contributed by atoms with Crippen molar-refractivity contribution in [3.63, 3.8) is 0 Å². The quantitative estimate of drug-likeness (QED) is 0.236. The van der Waals surface area contributed by atoms with E-state index in [-0.39, 0.29) is 11.9 Å². The van der Waals surface area contributed by atoms with Gasteiger partial charge in [-0.1, -0.05) is 44.2 Å². The molecule has 2 amide bonds. The van der Waals surface area contributed by atoms with Crippen LogP contribution in [0.2, 0.25) is 0 Å². The number of amides is 2. The van der Waals surface area contributed by atoms with Crippen LogP contribution in [0.4, 0.5) is 10.1 Å². The lowest BCUT2D eigenvalue weighted by atomic mass is 10.0. The third-order valence-corrected chi connectivity index (χ3v) is 6.29. The van der Waals surface area contributed by atoms with Crippen molar-refractivity contribution in [2.24, 2.45) is 5.92 Å². The van der Waals surface area contributed by atoms with E-state index in [9.17, 15) is 14.0 Å². The lowest BCUT2D eigenvalue weighted by Gasteiger charge is -2.31. The highest BCUT2D eigenvalue weighted by Crippen LogP contribution is 2.31. The van der Waals surface area contributed by atoms with Gasteiger partial charge in [-0.15, -0.1) is 11.6 Å². The summed E-state index contributed by atoms with van der Waals surface area (Å²) >= 11 is 5.97. The standard InChI is InChI=1S/C29H33ClFN3O3/c1-20(2)21(3)32-17-18-33-29(36)28(22-9-11-23(31)12-10-22)34(27(35)19-30)24-13-15-26(16-14-24)37-25-7-5-4-6-8-25/h4-16,20-21,28,32H,17-19H2,1-3H3,(H,33,36)/t21?,28-/m0/s1. The average Bonchev–Trinajstić information content (AvgIpc) is 2.91. The van der Waals surface area contributed by atoms with Gasteiger partial charge in [-0.25, -0.2) is 4.39 Å². The number of nitrogens with zero attached hydrogens (tertiary/aromatic N) is 1. The molecule has 0 saturated heterocycles. The zero-order chi connectivity index (χ0) is 26.8. The SMILES string of the molecule is CC(C)C(C)NCCNC(=O)[C@H](c1ccc(F)cc1)N(C(=O)CCl)c1ccc(Oc2ccccc2)cc1. The molecule has 6 nitrogen and oxygen atoms in total. The number of alkyl halides is 1. The fourth-order valence-corrected chi connectivity index (χ4v) is 3.81. The molecule has 0 aliphatic rings. The van der Waals surface area contributed by atoms with Crippen molar-refractivity contribution in [1.29, 1.82) is 0 Å². The first-order valence-corrected chi connectivity index (χ1v) is 12.8. The molecule has 3 rings (SSSR count). The molecule has 1 unspecified atom stereocenters. The molecule has 0 radical (unpaired) electrons. The summed E-state index contributed by atoms with van der Waals surface area (Å²) in [5.41, 5.74) is 0.924. The maximum Gasteiger partial charge on any atom is 0.247 e. The summed E-state index contributed by atoms with van der Waals surface area (Å²) in [7, 11) is 0. The van der Waals surface area contributed by atoms with Gasteiger partial charge in [0.2, 0.25) is 11.8 Å². The Hall–Kier alpha value is -3.42. The molecule has 0 spiro atoms. The molecule has 3 aromatic rings. The van der Waals surface area contributed by atoms with Crippen LogP contribution >= 0.6 is 11.6 Å². The summed E-state index contributed by atoms with van der Waals surface area (Å²) in [5.74, 6) is 0.0684. The van der Waals surface area contributed by atoms with Crippen molar-refractivity contribution in [3.8, 4) is 11.5 Å². The molecule has 0 saturated carbocycles. The smallest absolute Gasteiger partial charge is 0.247 e. The lowest BCUT2D eigenvalue weighted by Crippen LogP contribution is -2.46. The summed E-state index contributed by atoms with van der Waals surface area (Å²) < 4.78 is 19.5. The highest BCUT2D eigenvalue weighted by atomic mass is 35.5. The molecule has 0 aromatic heterocycles. The van der Waals surface area contributed by atoms with E-state index in [1.807, 2.05) is 30.3 Å². The van der Waals surface area contributed by atoms with Crippen LogP contribution in [0.5, 0.6) is 11.5 Å². The van der Waals surface area contributed by atoms with Crippen LogP contribution in [0.1, 0.15) is 32.4 Å². The minimum Gasteiger partial charge on any atom is -0.457 e. The Labute approximate surface area is 222 Å². The van der Waals surface area contributed by atoms with E-state index in [0.717, 1.165) is 0 Å². The zero-order valence-electron chi connectivity index (χ0n) is 21.3. The molecule has 0 aliphatic carbocycles. The van der Waals surface area contributed by atoms with E-state index >= 15 is 0 Å². The minimum absolute atomic E-state index is 0.288. The number of benzene rings is 3. The van der Waals surface area contributed by atoms with Gasteiger partial charge >= 0.3 is 0 Å². The van der Waals surface area contributed by atoms with Crippen LogP contribution < -0.4 is 20.3 Å². The molecule has 3 aromatic carbocycles. The Morgan fingerprint density at radius 1 is 0.892 bits per heavy atom. The fraction of sp³-hybridized carbons (Fsp3) is 0.310. The highest BCUT2D eigenvalue weighted by Gasteiger charge is 2.32. The summed E-state index contributed by atoms with van der Waals surface area (Å²) in [6.07, 6.45) is 0. The third kappa shape index (κ3) is 8.03. The van der Waals surface area contributed by atoms with Gasteiger partial charge < -0.3 is 15.4 Å². The predicted octanol–water partition coefficient (Wildman–Crippen LogP) is 5.68. The van der Waals surface area contributed by atoms with E-state index in [4.69, 9.17) is 16.3 Å². The first-order chi connectivity index (χ1) is 17.8. The van der Waals surface area contributed by atoms with Crippen molar-refractivity contribution in [1.82, 2.24) is 10.6 Å². The van der Waals surface area contributed by atoms with E-state index in [1.54, 1.807) is 24.3 Å². The number of carbonyl (C=O) groups is 2. The number of para-hydroxylation sites is 1. The molecule has 37 heavy (non-hydrogen) atoms. The molecule has 196 valence electrons. The predicted molar refractivity (Wildman–Crippen MR) is 146 cm³/mol. The molecular formula is C29H33ClFN3O3.